The smallest absolute Gasteiger partial charge is 0.250 e. The van der Waals surface area contributed by atoms with Gasteiger partial charge in [-0.1, -0.05) is 72.3 Å². The molecule has 1 amide bonds. The summed E-state index contributed by atoms with van der Waals surface area (Å²) in [4.78, 5) is 12.6. The van der Waals surface area contributed by atoms with Crippen LogP contribution in [0.3, 0.4) is 0 Å². The molecule has 0 saturated carbocycles. The zero-order valence-electron chi connectivity index (χ0n) is 14.0. The molecule has 0 saturated heterocycles. The largest absolute Gasteiger partial charge is 0.488 e. The first-order valence-corrected chi connectivity index (χ1v) is 9.46. The Morgan fingerprint density at radius 2 is 1.58 bits per heavy atom. The molecule has 3 nitrogen and oxygen atoms in total. The maximum Gasteiger partial charge on any atom is 0.250 e. The molecule has 3 aromatic rings. The van der Waals surface area contributed by atoms with Gasteiger partial charge >= 0.3 is 0 Å². The molecule has 0 aromatic heterocycles. The first kappa shape index (κ1) is 18.4. The van der Waals surface area contributed by atoms with E-state index in [1.165, 1.54) is 11.8 Å². The average Bonchev–Trinajstić information content (AvgIpc) is 2.66. The lowest BCUT2D eigenvalue weighted by molar-refractivity contribution is 0.0996. The minimum absolute atomic E-state index is 0.376. The van der Waals surface area contributed by atoms with Gasteiger partial charge in [-0.25, -0.2) is 0 Å². The molecule has 2 N–H and O–H groups in total. The van der Waals surface area contributed by atoms with Crippen molar-refractivity contribution < 1.29 is 9.53 Å². The van der Waals surface area contributed by atoms with Crippen molar-refractivity contribution in [3.8, 4) is 5.75 Å². The van der Waals surface area contributed by atoms with Gasteiger partial charge in [-0.15, -0.1) is 11.8 Å². The van der Waals surface area contributed by atoms with E-state index in [1.807, 2.05) is 60.7 Å². The molecule has 26 heavy (non-hydrogen) atoms. The molecule has 0 atom stereocenters. The third-order valence-corrected chi connectivity index (χ3v) is 5.15. The van der Waals surface area contributed by atoms with Gasteiger partial charge in [0, 0.05) is 10.8 Å². The van der Waals surface area contributed by atoms with Gasteiger partial charge in [-0.3, -0.25) is 4.79 Å². The normalized spacial score (nSPS) is 10.5. The molecule has 0 aliphatic rings. The van der Waals surface area contributed by atoms with Crippen LogP contribution in [-0.4, -0.2) is 5.91 Å². The third kappa shape index (κ3) is 4.81. The van der Waals surface area contributed by atoms with Crippen LogP contribution in [0.2, 0.25) is 5.02 Å². The average molecular weight is 384 g/mol. The first-order valence-electron chi connectivity index (χ1n) is 8.10. The van der Waals surface area contributed by atoms with Gasteiger partial charge in [0.1, 0.15) is 12.4 Å². The molecule has 0 heterocycles. The van der Waals surface area contributed by atoms with E-state index in [4.69, 9.17) is 22.1 Å². The van der Waals surface area contributed by atoms with Crippen molar-refractivity contribution in [1.82, 2.24) is 0 Å². The van der Waals surface area contributed by atoms with E-state index in [0.717, 1.165) is 11.1 Å². The number of hydrogen-bond acceptors (Lipinski definition) is 3. The highest BCUT2D eigenvalue weighted by molar-refractivity contribution is 7.98. The molecule has 132 valence electrons. The summed E-state index contributed by atoms with van der Waals surface area (Å²) in [5.74, 6) is 0.744. The molecular weight excluding hydrogens is 366 g/mol. The summed E-state index contributed by atoms with van der Waals surface area (Å²) in [5.41, 5.74) is 8.12. The fourth-order valence-electron chi connectivity index (χ4n) is 2.47. The van der Waals surface area contributed by atoms with E-state index < -0.39 is 5.91 Å². The summed E-state index contributed by atoms with van der Waals surface area (Å²) < 4.78 is 5.97. The van der Waals surface area contributed by atoms with E-state index in [0.29, 0.717) is 33.6 Å². The van der Waals surface area contributed by atoms with Crippen LogP contribution in [-0.2, 0) is 12.4 Å². The van der Waals surface area contributed by atoms with E-state index in [2.05, 4.69) is 0 Å². The molecule has 5 heteroatoms. The van der Waals surface area contributed by atoms with Crippen LogP contribution in [0.4, 0.5) is 0 Å². The molecule has 0 aliphatic carbocycles. The van der Waals surface area contributed by atoms with Crippen LogP contribution < -0.4 is 10.5 Å². The van der Waals surface area contributed by atoms with Crippen LogP contribution in [0.5, 0.6) is 5.75 Å². The molecule has 0 radical (unpaired) electrons. The van der Waals surface area contributed by atoms with Gasteiger partial charge in [-0.2, -0.15) is 0 Å². The molecule has 0 spiro atoms. The van der Waals surface area contributed by atoms with Gasteiger partial charge in [-0.05, 0) is 23.3 Å². The number of hydrogen-bond donors (Lipinski definition) is 1. The Labute approximate surface area is 162 Å². The zero-order valence-corrected chi connectivity index (χ0v) is 15.6. The van der Waals surface area contributed by atoms with E-state index in [1.54, 1.807) is 12.1 Å². The van der Waals surface area contributed by atoms with Gasteiger partial charge in [0.2, 0.25) is 5.91 Å². The van der Waals surface area contributed by atoms with Crippen molar-refractivity contribution >= 4 is 29.3 Å². The molecule has 0 bridgehead atoms. The van der Waals surface area contributed by atoms with Crippen molar-refractivity contribution in [2.45, 2.75) is 17.3 Å². The van der Waals surface area contributed by atoms with E-state index >= 15 is 0 Å². The van der Waals surface area contributed by atoms with Crippen molar-refractivity contribution in [2.24, 2.45) is 5.73 Å². The van der Waals surface area contributed by atoms with Crippen molar-refractivity contribution in [3.05, 3.63) is 94.5 Å². The summed E-state index contributed by atoms with van der Waals surface area (Å²) in [6, 6.07) is 23.2. The highest BCUT2D eigenvalue weighted by Crippen LogP contribution is 2.37. The molecule has 3 rings (SSSR count). The van der Waals surface area contributed by atoms with Crippen LogP contribution >= 0.6 is 23.4 Å². The number of benzene rings is 3. The lowest BCUT2D eigenvalue weighted by Gasteiger charge is -2.15. The Morgan fingerprint density at radius 3 is 2.19 bits per heavy atom. The SMILES string of the molecule is NC(=O)c1cc(Cl)cc(OCc2ccccc2)c1SCc1ccccc1. The fraction of sp³-hybridized carbons (Fsp3) is 0.0952. The Hall–Kier alpha value is -2.43. The minimum Gasteiger partial charge on any atom is -0.488 e. The van der Waals surface area contributed by atoms with E-state index in [9.17, 15) is 4.79 Å². The number of carbonyl (C=O) groups excluding carboxylic acids is 1. The standard InChI is InChI=1S/C21H18ClNO2S/c22-17-11-18(21(23)24)20(26-14-16-9-5-2-6-10-16)19(12-17)25-13-15-7-3-1-4-8-15/h1-12H,13-14H2,(H2,23,24). The summed E-state index contributed by atoms with van der Waals surface area (Å²) in [6.07, 6.45) is 0. The van der Waals surface area contributed by atoms with Crippen LogP contribution in [0.15, 0.2) is 77.7 Å². The summed E-state index contributed by atoms with van der Waals surface area (Å²) in [6.45, 7) is 0.387. The molecule has 0 aliphatic heterocycles. The predicted octanol–water partition coefficient (Wildman–Crippen LogP) is 5.31. The van der Waals surface area contributed by atoms with Crippen LogP contribution in [0.25, 0.3) is 0 Å². The number of nitrogens with two attached hydrogens (primary N) is 1. The number of halogens is 1. The Kier molecular flexibility index (Phi) is 6.21. The second-order valence-electron chi connectivity index (χ2n) is 5.69. The van der Waals surface area contributed by atoms with Crippen LogP contribution in [0.1, 0.15) is 21.5 Å². The number of amides is 1. The van der Waals surface area contributed by atoms with E-state index in [-0.39, 0.29) is 0 Å². The zero-order chi connectivity index (χ0) is 18.4. The van der Waals surface area contributed by atoms with Crippen molar-refractivity contribution in [2.75, 3.05) is 0 Å². The lowest BCUT2D eigenvalue weighted by atomic mass is 10.2. The number of ether oxygens (including phenoxy) is 1. The van der Waals surface area contributed by atoms with Crippen molar-refractivity contribution in [3.63, 3.8) is 0 Å². The summed E-state index contributed by atoms with van der Waals surface area (Å²) in [5, 5.41) is 0.422. The second kappa shape index (κ2) is 8.79. The molecule has 0 unspecified atom stereocenters. The fourth-order valence-corrected chi connectivity index (χ4v) is 3.76. The predicted molar refractivity (Wildman–Crippen MR) is 107 cm³/mol. The quantitative estimate of drug-likeness (QED) is 0.562. The Morgan fingerprint density at radius 1 is 0.962 bits per heavy atom. The minimum atomic E-state index is -0.521. The van der Waals surface area contributed by atoms with Gasteiger partial charge in [0.25, 0.3) is 0 Å². The summed E-state index contributed by atoms with van der Waals surface area (Å²) in [7, 11) is 0. The molecule has 0 fully saturated rings. The first-order chi connectivity index (χ1) is 12.6. The number of rotatable bonds is 7. The molecular formula is C21H18ClNO2S. The second-order valence-corrected chi connectivity index (χ2v) is 7.12. The Balaban J connectivity index is 1.87. The van der Waals surface area contributed by atoms with Gasteiger partial charge in [0.05, 0.1) is 10.5 Å². The highest BCUT2D eigenvalue weighted by Gasteiger charge is 2.17. The topological polar surface area (TPSA) is 52.3 Å². The maximum atomic E-state index is 11.9. The number of thioether (sulfide) groups is 1. The van der Waals surface area contributed by atoms with Gasteiger partial charge < -0.3 is 10.5 Å². The lowest BCUT2D eigenvalue weighted by Crippen LogP contribution is -2.13. The highest BCUT2D eigenvalue weighted by atomic mass is 35.5. The van der Waals surface area contributed by atoms with Crippen molar-refractivity contribution in [1.29, 1.82) is 0 Å². The number of carbonyl (C=O) groups is 1. The van der Waals surface area contributed by atoms with Gasteiger partial charge in [0.15, 0.2) is 0 Å². The monoisotopic (exact) mass is 383 g/mol. The van der Waals surface area contributed by atoms with Crippen LogP contribution in [0, 0.1) is 0 Å². The third-order valence-electron chi connectivity index (χ3n) is 3.75. The molecule has 3 aromatic carbocycles. The number of primary amides is 1. The maximum absolute atomic E-state index is 11.9. The summed E-state index contributed by atoms with van der Waals surface area (Å²) >= 11 is 7.68. The Bertz CT molecular complexity index is 885.